The van der Waals surface area contributed by atoms with Crippen molar-refractivity contribution >= 4 is 34.5 Å². The maximum absolute atomic E-state index is 12.8. The van der Waals surface area contributed by atoms with E-state index in [0.29, 0.717) is 22.6 Å². The number of nitrogens with zero attached hydrogens (tertiary/aromatic N) is 2. The third-order valence-electron chi connectivity index (χ3n) is 4.41. The fraction of sp³-hybridized carbons (Fsp3) is 0.238. The monoisotopic (exact) mass is 411 g/mol. The number of nitrogens with one attached hydrogen (secondary N) is 1. The highest BCUT2D eigenvalue weighted by atomic mass is 32.2. The van der Waals surface area contributed by atoms with Crippen LogP contribution in [0, 0.1) is 6.92 Å². The molecule has 0 aliphatic rings. The number of rotatable bonds is 7. The number of amides is 1. The van der Waals surface area contributed by atoms with Crippen LogP contribution in [0.25, 0.3) is 10.9 Å². The molecule has 1 aromatic heterocycles. The summed E-state index contributed by atoms with van der Waals surface area (Å²) in [6.45, 7) is 2.15. The summed E-state index contributed by atoms with van der Waals surface area (Å²) in [5.74, 6) is -0.682. The number of thioether (sulfide) groups is 1. The number of carbonyl (C=O) groups excluding carboxylic acids is 2. The van der Waals surface area contributed by atoms with Gasteiger partial charge in [-0.3, -0.25) is 19.0 Å². The molecule has 1 heterocycles. The first kappa shape index (κ1) is 20.6. The van der Waals surface area contributed by atoms with Crippen molar-refractivity contribution in [3.05, 3.63) is 70.0 Å². The number of para-hydroxylation sites is 1. The number of esters is 1. The maximum atomic E-state index is 12.8. The summed E-state index contributed by atoms with van der Waals surface area (Å²) in [5, 5.41) is 3.57. The van der Waals surface area contributed by atoms with E-state index in [4.69, 9.17) is 0 Å². The fourth-order valence-corrected chi connectivity index (χ4v) is 3.60. The fourth-order valence-electron chi connectivity index (χ4n) is 2.77. The minimum Gasteiger partial charge on any atom is -0.468 e. The van der Waals surface area contributed by atoms with Gasteiger partial charge in [-0.15, -0.1) is 0 Å². The quantitative estimate of drug-likeness (QED) is 0.364. The van der Waals surface area contributed by atoms with Gasteiger partial charge in [0.2, 0.25) is 5.91 Å². The highest BCUT2D eigenvalue weighted by Gasteiger charge is 2.16. The van der Waals surface area contributed by atoms with Crippen molar-refractivity contribution in [3.63, 3.8) is 0 Å². The number of aromatic nitrogens is 2. The summed E-state index contributed by atoms with van der Waals surface area (Å²) >= 11 is 1.11. The van der Waals surface area contributed by atoms with Gasteiger partial charge in [-0.05, 0) is 30.2 Å². The van der Waals surface area contributed by atoms with E-state index in [1.807, 2.05) is 31.2 Å². The van der Waals surface area contributed by atoms with Crippen LogP contribution < -0.4 is 10.9 Å². The summed E-state index contributed by atoms with van der Waals surface area (Å²) in [4.78, 5) is 41.3. The van der Waals surface area contributed by atoms with Crippen LogP contribution in [0.1, 0.15) is 11.1 Å². The Kier molecular flexibility index (Phi) is 6.66. The van der Waals surface area contributed by atoms with Crippen LogP contribution in [0.3, 0.4) is 0 Å². The first-order valence-electron chi connectivity index (χ1n) is 9.00. The van der Waals surface area contributed by atoms with Crippen LogP contribution >= 0.6 is 11.8 Å². The molecule has 3 aromatic rings. The van der Waals surface area contributed by atoms with E-state index in [1.165, 1.54) is 11.7 Å². The van der Waals surface area contributed by atoms with E-state index < -0.39 is 5.97 Å². The van der Waals surface area contributed by atoms with Gasteiger partial charge in [0.05, 0.1) is 23.8 Å². The lowest BCUT2D eigenvalue weighted by atomic mass is 10.1. The molecule has 8 heteroatoms. The Morgan fingerprint density at radius 2 is 1.86 bits per heavy atom. The molecule has 0 aliphatic heterocycles. The Balaban J connectivity index is 1.76. The number of benzene rings is 2. The van der Waals surface area contributed by atoms with Gasteiger partial charge >= 0.3 is 5.97 Å². The Bertz CT molecular complexity index is 1110. The van der Waals surface area contributed by atoms with Gasteiger partial charge < -0.3 is 10.1 Å². The molecule has 3 rings (SSSR count). The first-order valence-corrected chi connectivity index (χ1v) is 9.98. The van der Waals surface area contributed by atoms with E-state index in [-0.39, 0.29) is 23.8 Å². The van der Waals surface area contributed by atoms with E-state index in [0.717, 1.165) is 22.9 Å². The van der Waals surface area contributed by atoms with Gasteiger partial charge in [0, 0.05) is 6.54 Å². The SMILES string of the molecule is COC(=O)Cn1c(SCC(=O)NCc2ccccc2C)nc2ccccc2c1=O. The number of hydrogen-bond acceptors (Lipinski definition) is 6. The summed E-state index contributed by atoms with van der Waals surface area (Å²) < 4.78 is 5.93. The lowest BCUT2D eigenvalue weighted by Crippen LogP contribution is -2.29. The lowest BCUT2D eigenvalue weighted by Gasteiger charge is -2.12. The maximum Gasteiger partial charge on any atom is 0.325 e. The minimum absolute atomic E-state index is 0.0673. The molecule has 0 saturated carbocycles. The van der Waals surface area contributed by atoms with Crippen molar-refractivity contribution < 1.29 is 14.3 Å². The zero-order valence-corrected chi connectivity index (χ0v) is 17.0. The first-order chi connectivity index (χ1) is 14.0. The second-order valence-electron chi connectivity index (χ2n) is 6.37. The Hall–Kier alpha value is -3.13. The number of methoxy groups -OCH3 is 1. The summed E-state index contributed by atoms with van der Waals surface area (Å²) in [6.07, 6.45) is 0. The van der Waals surface area contributed by atoms with Crippen molar-refractivity contribution in [3.8, 4) is 0 Å². The van der Waals surface area contributed by atoms with E-state index in [1.54, 1.807) is 24.3 Å². The Morgan fingerprint density at radius 1 is 1.14 bits per heavy atom. The van der Waals surface area contributed by atoms with Crippen molar-refractivity contribution in [2.75, 3.05) is 12.9 Å². The smallest absolute Gasteiger partial charge is 0.325 e. The number of carbonyl (C=O) groups is 2. The van der Waals surface area contributed by atoms with Gasteiger partial charge in [0.25, 0.3) is 5.56 Å². The standard InChI is InChI=1S/C21H21N3O4S/c1-14-7-3-4-8-15(14)11-22-18(25)13-29-21-23-17-10-6-5-9-16(17)20(27)24(21)12-19(26)28-2/h3-10H,11-13H2,1-2H3,(H,22,25). The Morgan fingerprint density at radius 3 is 2.62 bits per heavy atom. The molecule has 1 N–H and O–H groups in total. The second kappa shape index (κ2) is 9.38. The van der Waals surface area contributed by atoms with E-state index >= 15 is 0 Å². The van der Waals surface area contributed by atoms with Crippen molar-refractivity contribution in [2.24, 2.45) is 0 Å². The molecule has 150 valence electrons. The largest absolute Gasteiger partial charge is 0.468 e. The van der Waals surface area contributed by atoms with E-state index in [9.17, 15) is 14.4 Å². The van der Waals surface area contributed by atoms with Crippen LogP contribution in [0.2, 0.25) is 0 Å². The molecular formula is C21H21N3O4S. The van der Waals surface area contributed by atoms with Gasteiger partial charge in [0.1, 0.15) is 6.54 Å². The summed E-state index contributed by atoms with van der Waals surface area (Å²) in [7, 11) is 1.26. The zero-order chi connectivity index (χ0) is 20.8. The van der Waals surface area contributed by atoms with E-state index in [2.05, 4.69) is 15.0 Å². The highest BCUT2D eigenvalue weighted by Crippen LogP contribution is 2.18. The molecule has 0 radical (unpaired) electrons. The number of ether oxygens (including phenoxy) is 1. The lowest BCUT2D eigenvalue weighted by molar-refractivity contribution is -0.141. The molecule has 0 unspecified atom stereocenters. The van der Waals surface area contributed by atoms with Crippen molar-refractivity contribution in [2.45, 2.75) is 25.2 Å². The molecule has 7 nitrogen and oxygen atoms in total. The predicted octanol–water partition coefficient (Wildman–Crippen LogP) is 2.29. The Labute approximate surface area is 172 Å². The molecule has 0 atom stereocenters. The molecule has 1 amide bonds. The minimum atomic E-state index is -0.560. The molecule has 0 fully saturated rings. The van der Waals surface area contributed by atoms with Crippen molar-refractivity contribution in [1.29, 1.82) is 0 Å². The number of aryl methyl sites for hydroxylation is 1. The second-order valence-corrected chi connectivity index (χ2v) is 7.31. The average Bonchev–Trinajstić information content (AvgIpc) is 2.73. The number of fused-ring (bicyclic) bond motifs is 1. The molecule has 0 aliphatic carbocycles. The molecule has 29 heavy (non-hydrogen) atoms. The molecule has 0 spiro atoms. The van der Waals surface area contributed by atoms with Crippen LogP contribution in [0.4, 0.5) is 0 Å². The third kappa shape index (κ3) is 5.03. The summed E-state index contributed by atoms with van der Waals surface area (Å²) in [5.41, 5.74) is 2.31. The average molecular weight is 411 g/mol. The zero-order valence-electron chi connectivity index (χ0n) is 16.2. The molecule has 0 bridgehead atoms. The number of hydrogen-bond donors (Lipinski definition) is 1. The normalized spacial score (nSPS) is 10.7. The van der Waals surface area contributed by atoms with Crippen LogP contribution in [0.15, 0.2) is 58.5 Å². The molecular weight excluding hydrogens is 390 g/mol. The van der Waals surface area contributed by atoms with Gasteiger partial charge in [0.15, 0.2) is 5.16 Å². The van der Waals surface area contributed by atoms with Gasteiger partial charge in [-0.2, -0.15) is 0 Å². The van der Waals surface area contributed by atoms with Crippen LogP contribution in [0.5, 0.6) is 0 Å². The molecule has 2 aromatic carbocycles. The van der Waals surface area contributed by atoms with Crippen LogP contribution in [-0.4, -0.2) is 34.3 Å². The highest BCUT2D eigenvalue weighted by molar-refractivity contribution is 7.99. The topological polar surface area (TPSA) is 90.3 Å². The third-order valence-corrected chi connectivity index (χ3v) is 5.39. The molecule has 0 saturated heterocycles. The van der Waals surface area contributed by atoms with Crippen LogP contribution in [-0.2, 0) is 27.4 Å². The van der Waals surface area contributed by atoms with Gasteiger partial charge in [-0.25, -0.2) is 4.98 Å². The summed E-state index contributed by atoms with van der Waals surface area (Å²) in [6, 6.07) is 14.7. The predicted molar refractivity (Wildman–Crippen MR) is 112 cm³/mol. The van der Waals surface area contributed by atoms with Gasteiger partial charge in [-0.1, -0.05) is 48.2 Å². The van der Waals surface area contributed by atoms with Crippen molar-refractivity contribution in [1.82, 2.24) is 14.9 Å².